The molecule has 0 bridgehead atoms. The van der Waals surface area contributed by atoms with Gasteiger partial charge in [-0.05, 0) is 25.1 Å². The maximum Gasteiger partial charge on any atom is 0.220 e. The Kier molecular flexibility index (Phi) is 5.55. The van der Waals surface area contributed by atoms with E-state index in [0.29, 0.717) is 13.0 Å². The molecule has 0 spiro atoms. The van der Waals surface area contributed by atoms with Crippen molar-refractivity contribution in [1.82, 2.24) is 10.2 Å². The topological polar surface area (TPSA) is 32.3 Å². The van der Waals surface area contributed by atoms with Crippen LogP contribution < -0.4 is 5.32 Å². The summed E-state index contributed by atoms with van der Waals surface area (Å²) in [4.78, 5) is 14.0. The van der Waals surface area contributed by atoms with Crippen molar-refractivity contribution in [3.63, 3.8) is 0 Å². The first kappa shape index (κ1) is 15.7. The zero-order valence-corrected chi connectivity index (χ0v) is 12.7. The minimum Gasteiger partial charge on any atom is -0.354 e. The molecule has 1 aromatic rings. The predicted molar refractivity (Wildman–Crippen MR) is 80.0 cm³/mol. The van der Waals surface area contributed by atoms with Crippen LogP contribution in [0.15, 0.2) is 30.3 Å². The van der Waals surface area contributed by atoms with Crippen LogP contribution in [0, 0.1) is 5.41 Å². The zero-order valence-electron chi connectivity index (χ0n) is 12.7. The van der Waals surface area contributed by atoms with Gasteiger partial charge in [-0.2, -0.15) is 0 Å². The van der Waals surface area contributed by atoms with E-state index >= 15 is 0 Å². The molecule has 0 fully saturated rings. The molecule has 19 heavy (non-hydrogen) atoms. The van der Waals surface area contributed by atoms with Crippen LogP contribution >= 0.6 is 0 Å². The van der Waals surface area contributed by atoms with E-state index in [2.05, 4.69) is 43.1 Å². The van der Waals surface area contributed by atoms with Gasteiger partial charge in [0.25, 0.3) is 0 Å². The van der Waals surface area contributed by atoms with Crippen LogP contribution in [0.2, 0.25) is 0 Å². The highest BCUT2D eigenvalue weighted by Crippen LogP contribution is 2.19. The summed E-state index contributed by atoms with van der Waals surface area (Å²) in [5.41, 5.74) is 1.26. The van der Waals surface area contributed by atoms with Gasteiger partial charge < -0.3 is 10.2 Å². The number of nitrogens with one attached hydrogen (secondary N) is 1. The van der Waals surface area contributed by atoms with Gasteiger partial charge in [-0.3, -0.25) is 4.79 Å². The van der Waals surface area contributed by atoms with Crippen LogP contribution in [-0.4, -0.2) is 31.4 Å². The van der Waals surface area contributed by atoms with E-state index in [-0.39, 0.29) is 17.4 Å². The van der Waals surface area contributed by atoms with Gasteiger partial charge in [0.05, 0.1) is 6.04 Å². The summed E-state index contributed by atoms with van der Waals surface area (Å²) in [5, 5.41) is 3.04. The second-order valence-electron chi connectivity index (χ2n) is 6.43. The van der Waals surface area contributed by atoms with Gasteiger partial charge in [-0.1, -0.05) is 51.1 Å². The van der Waals surface area contributed by atoms with E-state index in [4.69, 9.17) is 0 Å². The summed E-state index contributed by atoms with van der Waals surface area (Å²) in [5.74, 6) is 0.121. The highest BCUT2D eigenvalue weighted by atomic mass is 16.1. The molecule has 3 nitrogen and oxygen atoms in total. The van der Waals surface area contributed by atoms with Gasteiger partial charge in [-0.15, -0.1) is 0 Å². The lowest BCUT2D eigenvalue weighted by atomic mass is 9.92. The Morgan fingerprint density at radius 1 is 1.21 bits per heavy atom. The summed E-state index contributed by atoms with van der Waals surface area (Å²) in [7, 11) is 4.07. The highest BCUT2D eigenvalue weighted by Gasteiger charge is 2.18. The van der Waals surface area contributed by atoms with E-state index in [1.54, 1.807) is 0 Å². The molecule has 1 N–H and O–H groups in total. The Balaban J connectivity index is 2.59. The highest BCUT2D eigenvalue weighted by molar-refractivity contribution is 5.76. The number of benzene rings is 1. The molecule has 106 valence electrons. The average molecular weight is 262 g/mol. The average Bonchev–Trinajstić information content (AvgIpc) is 2.27. The molecule has 0 heterocycles. The Bertz CT molecular complexity index is 393. The smallest absolute Gasteiger partial charge is 0.220 e. The lowest BCUT2D eigenvalue weighted by Crippen LogP contribution is -2.35. The fourth-order valence-electron chi connectivity index (χ4n) is 2.03. The van der Waals surface area contributed by atoms with Crippen molar-refractivity contribution < 1.29 is 4.79 Å². The molecule has 0 aliphatic carbocycles. The standard InChI is InChI=1S/C16H26N2O/c1-16(2,3)11-15(19)17-12-14(18(4)5)13-9-7-6-8-10-13/h6-10,14H,11-12H2,1-5H3,(H,17,19). The van der Waals surface area contributed by atoms with E-state index in [1.807, 2.05) is 32.3 Å². The van der Waals surface area contributed by atoms with Gasteiger partial charge in [-0.25, -0.2) is 0 Å². The molecule has 0 aromatic heterocycles. The summed E-state index contributed by atoms with van der Waals surface area (Å²) in [6, 6.07) is 10.5. The molecule has 1 aromatic carbocycles. The number of carbonyl (C=O) groups is 1. The summed E-state index contributed by atoms with van der Waals surface area (Å²) in [6.45, 7) is 6.87. The van der Waals surface area contributed by atoms with Crippen molar-refractivity contribution in [2.45, 2.75) is 33.2 Å². The van der Waals surface area contributed by atoms with Crippen LogP contribution in [-0.2, 0) is 4.79 Å². The lowest BCUT2D eigenvalue weighted by Gasteiger charge is -2.26. The zero-order chi connectivity index (χ0) is 14.5. The number of likely N-dealkylation sites (N-methyl/N-ethyl adjacent to an activating group) is 1. The number of hydrogen-bond acceptors (Lipinski definition) is 2. The van der Waals surface area contributed by atoms with Gasteiger partial charge in [0.15, 0.2) is 0 Å². The van der Waals surface area contributed by atoms with E-state index in [1.165, 1.54) is 5.56 Å². The van der Waals surface area contributed by atoms with E-state index in [9.17, 15) is 4.79 Å². The molecule has 1 rings (SSSR count). The van der Waals surface area contributed by atoms with Crippen LogP contribution in [0.5, 0.6) is 0 Å². The molecular formula is C16H26N2O. The van der Waals surface area contributed by atoms with Crippen molar-refractivity contribution in [3.05, 3.63) is 35.9 Å². The first-order chi connectivity index (χ1) is 8.79. The predicted octanol–water partition coefficient (Wildman–Crippen LogP) is 2.84. The van der Waals surface area contributed by atoms with Crippen molar-refractivity contribution in [2.75, 3.05) is 20.6 Å². The fraction of sp³-hybridized carbons (Fsp3) is 0.562. The van der Waals surface area contributed by atoms with Crippen LogP contribution in [0.25, 0.3) is 0 Å². The van der Waals surface area contributed by atoms with Crippen molar-refractivity contribution in [3.8, 4) is 0 Å². The normalized spacial score (nSPS) is 13.4. The molecule has 0 saturated carbocycles. The molecule has 3 heteroatoms. The fourth-order valence-corrected chi connectivity index (χ4v) is 2.03. The minimum absolute atomic E-state index is 0.0322. The maximum absolute atomic E-state index is 11.9. The second kappa shape index (κ2) is 6.71. The van der Waals surface area contributed by atoms with Crippen LogP contribution in [0.1, 0.15) is 38.8 Å². The van der Waals surface area contributed by atoms with Gasteiger partial charge >= 0.3 is 0 Å². The van der Waals surface area contributed by atoms with Crippen LogP contribution in [0.3, 0.4) is 0 Å². The third-order valence-corrected chi connectivity index (χ3v) is 2.99. The quantitative estimate of drug-likeness (QED) is 0.885. The first-order valence-electron chi connectivity index (χ1n) is 6.78. The van der Waals surface area contributed by atoms with Crippen molar-refractivity contribution >= 4 is 5.91 Å². The number of nitrogens with zero attached hydrogens (tertiary/aromatic N) is 1. The number of rotatable bonds is 5. The van der Waals surface area contributed by atoms with E-state index in [0.717, 1.165) is 0 Å². The minimum atomic E-state index is 0.0322. The summed E-state index contributed by atoms with van der Waals surface area (Å²) in [6.07, 6.45) is 0.557. The molecule has 0 aliphatic heterocycles. The molecule has 0 radical (unpaired) electrons. The molecule has 1 atom stereocenters. The Morgan fingerprint density at radius 3 is 2.26 bits per heavy atom. The lowest BCUT2D eigenvalue weighted by molar-refractivity contribution is -0.123. The maximum atomic E-state index is 11.9. The van der Waals surface area contributed by atoms with Crippen molar-refractivity contribution in [1.29, 1.82) is 0 Å². The molecule has 0 saturated heterocycles. The molecule has 1 amide bonds. The van der Waals surface area contributed by atoms with Crippen LogP contribution in [0.4, 0.5) is 0 Å². The third kappa shape index (κ3) is 5.88. The third-order valence-electron chi connectivity index (χ3n) is 2.99. The largest absolute Gasteiger partial charge is 0.354 e. The second-order valence-corrected chi connectivity index (χ2v) is 6.43. The Hall–Kier alpha value is -1.35. The molecular weight excluding hydrogens is 236 g/mol. The van der Waals surface area contributed by atoms with Gasteiger partial charge in [0.2, 0.25) is 5.91 Å². The van der Waals surface area contributed by atoms with E-state index < -0.39 is 0 Å². The Labute approximate surface area is 117 Å². The first-order valence-corrected chi connectivity index (χ1v) is 6.78. The Morgan fingerprint density at radius 2 is 1.79 bits per heavy atom. The number of amides is 1. The number of carbonyl (C=O) groups excluding carboxylic acids is 1. The SMILES string of the molecule is CN(C)C(CNC(=O)CC(C)(C)C)c1ccccc1. The summed E-state index contributed by atoms with van der Waals surface area (Å²) < 4.78 is 0. The monoisotopic (exact) mass is 262 g/mol. The van der Waals surface area contributed by atoms with Gasteiger partial charge in [0, 0.05) is 13.0 Å². The molecule has 1 unspecified atom stereocenters. The van der Waals surface area contributed by atoms with Crippen molar-refractivity contribution in [2.24, 2.45) is 5.41 Å². The summed E-state index contributed by atoms with van der Waals surface area (Å²) >= 11 is 0. The van der Waals surface area contributed by atoms with Gasteiger partial charge in [0.1, 0.15) is 0 Å². The molecule has 0 aliphatic rings. The number of hydrogen-bond donors (Lipinski definition) is 1.